The first kappa shape index (κ1) is 13.2. The van der Waals surface area contributed by atoms with Gasteiger partial charge in [-0.1, -0.05) is 0 Å². The monoisotopic (exact) mass is 268 g/mol. The molecule has 0 bridgehead atoms. The number of amides is 1. The third kappa shape index (κ3) is 3.36. The fraction of sp³-hybridized carbons (Fsp3) is 0.0667. The van der Waals surface area contributed by atoms with E-state index in [2.05, 4.69) is 5.32 Å². The van der Waals surface area contributed by atoms with Crippen LogP contribution in [0.2, 0.25) is 0 Å². The Balaban J connectivity index is 2.09. The molecule has 1 N–H and O–H groups in total. The second kappa shape index (κ2) is 6.07. The summed E-state index contributed by atoms with van der Waals surface area (Å²) in [6.45, 7) is 0. The van der Waals surface area contributed by atoms with Gasteiger partial charge in [0.15, 0.2) is 0 Å². The fourth-order valence-electron chi connectivity index (χ4n) is 1.57. The molecule has 0 atom stereocenters. The van der Waals surface area contributed by atoms with Crippen LogP contribution in [-0.4, -0.2) is 12.2 Å². The van der Waals surface area contributed by atoms with Gasteiger partial charge in [0.1, 0.15) is 0 Å². The Labute approximate surface area is 116 Å². The average molecular weight is 268 g/mol. The summed E-state index contributed by atoms with van der Waals surface area (Å²) >= 11 is 1.63. The van der Waals surface area contributed by atoms with Gasteiger partial charge in [-0.05, 0) is 54.8 Å². The number of hydrogen-bond donors (Lipinski definition) is 1. The molecule has 94 valence electrons. The number of hydrogen-bond acceptors (Lipinski definition) is 3. The Bertz CT molecular complexity index is 612. The van der Waals surface area contributed by atoms with Gasteiger partial charge in [0, 0.05) is 16.1 Å². The average Bonchev–Trinajstić information content (AvgIpc) is 2.48. The van der Waals surface area contributed by atoms with Crippen molar-refractivity contribution in [2.75, 3.05) is 11.6 Å². The van der Waals surface area contributed by atoms with E-state index in [1.165, 1.54) is 0 Å². The van der Waals surface area contributed by atoms with Crippen molar-refractivity contribution in [1.29, 1.82) is 5.26 Å². The van der Waals surface area contributed by atoms with Crippen molar-refractivity contribution in [3.05, 3.63) is 59.7 Å². The molecule has 0 fully saturated rings. The number of anilines is 1. The molecule has 2 aromatic carbocycles. The number of thioether (sulfide) groups is 1. The lowest BCUT2D eigenvalue weighted by Crippen LogP contribution is -2.11. The van der Waals surface area contributed by atoms with Crippen LogP contribution in [0.5, 0.6) is 0 Å². The number of carbonyl (C=O) groups is 1. The second-order valence-corrected chi connectivity index (χ2v) is 4.75. The molecule has 0 aliphatic heterocycles. The van der Waals surface area contributed by atoms with Gasteiger partial charge >= 0.3 is 0 Å². The minimum Gasteiger partial charge on any atom is -0.322 e. The van der Waals surface area contributed by atoms with E-state index in [4.69, 9.17) is 5.26 Å². The quantitative estimate of drug-likeness (QED) is 0.866. The number of benzene rings is 2. The van der Waals surface area contributed by atoms with Crippen molar-refractivity contribution in [3.63, 3.8) is 0 Å². The fourth-order valence-corrected chi connectivity index (χ4v) is 1.98. The minimum atomic E-state index is -0.155. The highest BCUT2D eigenvalue weighted by Crippen LogP contribution is 2.16. The maximum absolute atomic E-state index is 12.0. The van der Waals surface area contributed by atoms with Crippen LogP contribution in [0.4, 0.5) is 5.69 Å². The van der Waals surface area contributed by atoms with Crippen LogP contribution in [0.1, 0.15) is 15.9 Å². The van der Waals surface area contributed by atoms with Crippen molar-refractivity contribution in [3.8, 4) is 6.07 Å². The van der Waals surface area contributed by atoms with Crippen molar-refractivity contribution in [1.82, 2.24) is 0 Å². The van der Waals surface area contributed by atoms with Gasteiger partial charge < -0.3 is 5.32 Å². The van der Waals surface area contributed by atoms with Gasteiger partial charge in [0.2, 0.25) is 0 Å². The van der Waals surface area contributed by atoms with Crippen molar-refractivity contribution < 1.29 is 4.79 Å². The Morgan fingerprint density at radius 3 is 2.26 bits per heavy atom. The normalized spacial score (nSPS) is 9.68. The first-order valence-electron chi connectivity index (χ1n) is 5.68. The zero-order chi connectivity index (χ0) is 13.7. The molecule has 0 saturated heterocycles. The summed E-state index contributed by atoms with van der Waals surface area (Å²) in [7, 11) is 0. The van der Waals surface area contributed by atoms with Crippen LogP contribution in [0, 0.1) is 11.3 Å². The number of rotatable bonds is 3. The first-order valence-corrected chi connectivity index (χ1v) is 6.91. The molecule has 0 aromatic heterocycles. The summed E-state index contributed by atoms with van der Waals surface area (Å²) in [6, 6.07) is 16.2. The van der Waals surface area contributed by atoms with Gasteiger partial charge in [0.05, 0.1) is 11.6 Å². The predicted molar refractivity (Wildman–Crippen MR) is 77.3 cm³/mol. The number of nitriles is 1. The third-order valence-corrected chi connectivity index (χ3v) is 3.37. The lowest BCUT2D eigenvalue weighted by Gasteiger charge is -2.05. The maximum atomic E-state index is 12.0. The van der Waals surface area contributed by atoms with Gasteiger partial charge in [0.25, 0.3) is 5.91 Å². The molecule has 0 aliphatic carbocycles. The van der Waals surface area contributed by atoms with E-state index in [9.17, 15) is 4.79 Å². The van der Waals surface area contributed by atoms with Gasteiger partial charge in [-0.2, -0.15) is 5.26 Å². The number of carbonyl (C=O) groups excluding carboxylic acids is 1. The molecule has 19 heavy (non-hydrogen) atoms. The molecule has 0 radical (unpaired) electrons. The summed E-state index contributed by atoms with van der Waals surface area (Å²) in [5.74, 6) is -0.155. The highest BCUT2D eigenvalue weighted by molar-refractivity contribution is 7.98. The molecule has 0 heterocycles. The topological polar surface area (TPSA) is 52.9 Å². The Hall–Kier alpha value is -2.25. The van der Waals surface area contributed by atoms with E-state index < -0.39 is 0 Å². The molecule has 0 aliphatic rings. The molecule has 0 saturated carbocycles. The summed E-state index contributed by atoms with van der Waals surface area (Å²) < 4.78 is 0. The Morgan fingerprint density at radius 1 is 1.11 bits per heavy atom. The molecule has 2 rings (SSSR count). The van der Waals surface area contributed by atoms with Gasteiger partial charge in [-0.25, -0.2) is 0 Å². The lowest BCUT2D eigenvalue weighted by atomic mass is 10.2. The van der Waals surface area contributed by atoms with E-state index in [-0.39, 0.29) is 5.91 Å². The number of nitrogens with one attached hydrogen (secondary N) is 1. The number of nitrogens with zero attached hydrogens (tertiary/aromatic N) is 1. The van der Waals surface area contributed by atoms with Gasteiger partial charge in [-0.3, -0.25) is 4.79 Å². The second-order valence-electron chi connectivity index (χ2n) is 3.87. The van der Waals surface area contributed by atoms with Crippen molar-refractivity contribution in [2.24, 2.45) is 0 Å². The van der Waals surface area contributed by atoms with Crippen LogP contribution < -0.4 is 5.32 Å². The summed E-state index contributed by atoms with van der Waals surface area (Å²) in [5.41, 5.74) is 1.86. The van der Waals surface area contributed by atoms with E-state index in [0.29, 0.717) is 16.8 Å². The van der Waals surface area contributed by atoms with Crippen LogP contribution in [0.3, 0.4) is 0 Å². The van der Waals surface area contributed by atoms with Crippen LogP contribution in [-0.2, 0) is 0 Å². The maximum Gasteiger partial charge on any atom is 0.255 e. The zero-order valence-electron chi connectivity index (χ0n) is 10.4. The van der Waals surface area contributed by atoms with E-state index in [1.807, 2.05) is 24.5 Å². The molecular weight excluding hydrogens is 256 g/mol. The lowest BCUT2D eigenvalue weighted by molar-refractivity contribution is 0.102. The largest absolute Gasteiger partial charge is 0.322 e. The molecule has 0 spiro atoms. The summed E-state index contributed by atoms with van der Waals surface area (Å²) in [4.78, 5) is 13.1. The molecule has 1 amide bonds. The third-order valence-electron chi connectivity index (χ3n) is 2.62. The standard InChI is InChI=1S/C15H12N2OS/c1-19-14-8-4-12(5-9-14)15(18)17-13-6-2-11(10-16)3-7-13/h2-9H,1H3,(H,17,18). The smallest absolute Gasteiger partial charge is 0.255 e. The van der Waals surface area contributed by atoms with Crippen LogP contribution in [0.15, 0.2) is 53.4 Å². The molecule has 2 aromatic rings. The first-order chi connectivity index (χ1) is 9.22. The van der Waals surface area contributed by atoms with E-state index >= 15 is 0 Å². The van der Waals surface area contributed by atoms with Gasteiger partial charge in [-0.15, -0.1) is 11.8 Å². The molecule has 0 unspecified atom stereocenters. The Morgan fingerprint density at radius 2 is 1.74 bits per heavy atom. The molecule has 4 heteroatoms. The minimum absolute atomic E-state index is 0.155. The summed E-state index contributed by atoms with van der Waals surface area (Å²) in [6.07, 6.45) is 1.99. The predicted octanol–water partition coefficient (Wildman–Crippen LogP) is 3.53. The van der Waals surface area contributed by atoms with Crippen molar-refractivity contribution >= 4 is 23.4 Å². The van der Waals surface area contributed by atoms with Crippen LogP contribution in [0.25, 0.3) is 0 Å². The van der Waals surface area contributed by atoms with E-state index in [0.717, 1.165) is 4.90 Å². The van der Waals surface area contributed by atoms with Crippen molar-refractivity contribution in [2.45, 2.75) is 4.90 Å². The highest BCUT2D eigenvalue weighted by atomic mass is 32.2. The van der Waals surface area contributed by atoms with E-state index in [1.54, 1.807) is 48.2 Å². The Kier molecular flexibility index (Phi) is 4.22. The molecule has 3 nitrogen and oxygen atoms in total. The van der Waals surface area contributed by atoms with Crippen LogP contribution >= 0.6 is 11.8 Å². The molecular formula is C15H12N2OS. The highest BCUT2D eigenvalue weighted by Gasteiger charge is 2.05. The summed E-state index contributed by atoms with van der Waals surface area (Å²) in [5, 5.41) is 11.5. The SMILES string of the molecule is CSc1ccc(C(=O)Nc2ccc(C#N)cc2)cc1. The zero-order valence-corrected chi connectivity index (χ0v) is 11.2.